The van der Waals surface area contributed by atoms with Gasteiger partial charge in [0, 0.05) is 29.9 Å². The Labute approximate surface area is 257 Å². The predicted octanol–water partition coefficient (Wildman–Crippen LogP) is -4.94. The largest absolute Gasteiger partial charge is 1.00 e. The maximum Gasteiger partial charge on any atom is 1.00 e. The van der Waals surface area contributed by atoms with E-state index in [1.807, 2.05) is 0 Å². The average molecular weight is 565 g/mol. The number of carboxylic acids is 1. The fourth-order valence-electron chi connectivity index (χ4n) is 3.80. The van der Waals surface area contributed by atoms with E-state index >= 15 is 0 Å². The van der Waals surface area contributed by atoms with Gasteiger partial charge in [-0.15, -0.1) is 0 Å². The molecule has 4 aromatic rings. The molecule has 0 aliphatic rings. The minimum absolute atomic E-state index is 0. The quantitative estimate of drug-likeness (QED) is 0.0826. The van der Waals surface area contributed by atoms with E-state index in [1.165, 1.54) is 6.07 Å². The zero-order valence-electron chi connectivity index (χ0n) is 20.0. The number of carbonyl (C=O) groups is 1. The van der Waals surface area contributed by atoms with Gasteiger partial charge >= 0.3 is 59.1 Å². The van der Waals surface area contributed by atoms with Crippen molar-refractivity contribution in [1.29, 1.82) is 0 Å². The summed E-state index contributed by atoms with van der Waals surface area (Å²) in [6.45, 7) is 0.486. The number of aliphatic carboxylic acids is 1. The molecule has 15 heteroatoms. The zero-order valence-corrected chi connectivity index (χ0v) is 25.7. The van der Waals surface area contributed by atoms with Crippen LogP contribution in [0.3, 0.4) is 0 Å². The summed E-state index contributed by atoms with van der Waals surface area (Å²) in [5.74, 6) is -1.09. The molecule has 184 valence electrons. The number of hydrogen-bond acceptors (Lipinski definition) is 10. The van der Waals surface area contributed by atoms with Crippen LogP contribution in [0, 0.1) is 0 Å². The van der Waals surface area contributed by atoms with Crippen LogP contribution in [-0.2, 0) is 31.6 Å². The normalized spacial score (nSPS) is 11.7. The SMILES string of the molecule is O=C([O-])CCCCC[n+]1ccccc1-c1nc2c(o1)c(S(=O)(=O)[O-])cc1cc(S(=O)(=O)[O-])ccc12.[Na+].[Na+]. The molecule has 0 amide bonds. The summed E-state index contributed by atoms with van der Waals surface area (Å²) in [4.78, 5) is 13.7. The molecule has 0 bridgehead atoms. The topological polar surface area (TPSA) is 184 Å². The molecule has 2 aromatic heterocycles. The average Bonchev–Trinajstić information content (AvgIpc) is 3.22. The Hall–Kier alpha value is -1.39. The van der Waals surface area contributed by atoms with Gasteiger partial charge in [-0.25, -0.2) is 21.8 Å². The molecule has 2 aromatic carbocycles. The van der Waals surface area contributed by atoms with Gasteiger partial charge in [-0.05, 0) is 48.9 Å². The first kappa shape index (κ1) is 31.8. The van der Waals surface area contributed by atoms with Crippen molar-refractivity contribution in [2.24, 2.45) is 0 Å². The van der Waals surface area contributed by atoms with Crippen molar-refractivity contribution in [3.05, 3.63) is 48.7 Å². The number of carbonyl (C=O) groups excluding carboxylic acids is 1. The number of unbranched alkanes of at least 4 members (excludes halogenated alkanes) is 2. The number of rotatable bonds is 9. The minimum atomic E-state index is -5.05. The third-order valence-corrected chi connectivity index (χ3v) is 7.09. The van der Waals surface area contributed by atoms with Crippen molar-refractivity contribution in [2.75, 3.05) is 0 Å². The molecule has 2 heterocycles. The van der Waals surface area contributed by atoms with E-state index in [1.54, 1.807) is 29.0 Å². The van der Waals surface area contributed by atoms with E-state index in [9.17, 15) is 35.8 Å². The summed E-state index contributed by atoms with van der Waals surface area (Å²) in [5.41, 5.74) is 0.209. The smallest absolute Gasteiger partial charge is 0.744 e. The predicted molar refractivity (Wildman–Crippen MR) is 117 cm³/mol. The second-order valence-electron chi connectivity index (χ2n) is 7.82. The van der Waals surface area contributed by atoms with E-state index in [-0.39, 0.29) is 87.9 Å². The Balaban J connectivity index is 0.00000241. The van der Waals surface area contributed by atoms with Crippen molar-refractivity contribution in [2.45, 2.75) is 42.0 Å². The first-order valence-electron chi connectivity index (χ1n) is 10.4. The number of nitrogens with zero attached hydrogens (tertiary/aromatic N) is 2. The van der Waals surface area contributed by atoms with Crippen LogP contribution in [0.25, 0.3) is 33.5 Å². The van der Waals surface area contributed by atoms with Gasteiger partial charge in [-0.2, -0.15) is 4.57 Å². The zero-order chi connectivity index (χ0) is 25.4. The van der Waals surface area contributed by atoms with Gasteiger partial charge in [0.2, 0.25) is 0 Å². The summed E-state index contributed by atoms with van der Waals surface area (Å²) in [6.07, 6.45) is 3.46. The molecule has 0 spiro atoms. The fraction of sp³-hybridized carbons (Fsp3) is 0.227. The van der Waals surface area contributed by atoms with Crippen molar-refractivity contribution in [1.82, 2.24) is 4.98 Å². The number of benzene rings is 2. The van der Waals surface area contributed by atoms with Gasteiger partial charge in [0.15, 0.2) is 11.8 Å². The first-order chi connectivity index (χ1) is 16.4. The molecule has 0 aliphatic heterocycles. The van der Waals surface area contributed by atoms with Crippen LogP contribution in [0.15, 0.2) is 62.9 Å². The number of pyridine rings is 1. The van der Waals surface area contributed by atoms with Crippen molar-refractivity contribution >= 4 is 48.1 Å². The first-order valence-corrected chi connectivity index (χ1v) is 13.2. The molecule has 4 rings (SSSR count). The third-order valence-electron chi connectivity index (χ3n) is 5.41. The summed E-state index contributed by atoms with van der Waals surface area (Å²) in [7, 11) is -9.86. The summed E-state index contributed by atoms with van der Waals surface area (Å²) >= 11 is 0. The van der Waals surface area contributed by atoms with Gasteiger partial charge < -0.3 is 23.4 Å². The number of aryl methyl sites for hydroxylation is 1. The van der Waals surface area contributed by atoms with E-state index in [2.05, 4.69) is 4.98 Å². The summed E-state index contributed by atoms with van der Waals surface area (Å²) in [5, 5.41) is 10.9. The number of hydrogen-bond donors (Lipinski definition) is 0. The summed E-state index contributed by atoms with van der Waals surface area (Å²) < 4.78 is 77.6. The molecule has 0 N–H and O–H groups in total. The van der Waals surface area contributed by atoms with Crippen LogP contribution in [0.1, 0.15) is 25.7 Å². The van der Waals surface area contributed by atoms with Gasteiger partial charge in [0.05, 0.1) is 9.79 Å². The second-order valence-corrected chi connectivity index (χ2v) is 10.6. The summed E-state index contributed by atoms with van der Waals surface area (Å²) in [6, 6.07) is 9.47. The Morgan fingerprint density at radius 1 is 0.946 bits per heavy atom. The molecule has 0 atom stereocenters. The monoisotopic (exact) mass is 564 g/mol. The van der Waals surface area contributed by atoms with Crippen LogP contribution in [0.4, 0.5) is 0 Å². The van der Waals surface area contributed by atoms with Crippen LogP contribution < -0.4 is 68.8 Å². The van der Waals surface area contributed by atoms with Crippen molar-refractivity contribution < 1.29 is 104 Å². The van der Waals surface area contributed by atoms with E-state index in [0.29, 0.717) is 36.9 Å². The van der Waals surface area contributed by atoms with Gasteiger partial charge in [0.25, 0.3) is 11.6 Å². The molecule has 37 heavy (non-hydrogen) atoms. The molecule has 0 saturated carbocycles. The number of carboxylic acid groups (broad SMARTS) is 1. The number of fused-ring (bicyclic) bond motifs is 3. The molecule has 0 saturated heterocycles. The molecule has 0 unspecified atom stereocenters. The molecular weight excluding hydrogens is 546 g/mol. The third kappa shape index (κ3) is 7.38. The Kier molecular flexibility index (Phi) is 10.9. The molecule has 0 radical (unpaired) electrons. The maximum atomic E-state index is 12.0. The second kappa shape index (κ2) is 12.6. The van der Waals surface area contributed by atoms with Crippen LogP contribution in [-0.4, -0.2) is 36.9 Å². The van der Waals surface area contributed by atoms with Gasteiger partial charge in [0.1, 0.15) is 32.3 Å². The van der Waals surface area contributed by atoms with Crippen molar-refractivity contribution in [3.63, 3.8) is 0 Å². The Morgan fingerprint density at radius 3 is 2.32 bits per heavy atom. The molecule has 0 fully saturated rings. The Bertz CT molecular complexity index is 1670. The molecule has 0 aliphatic carbocycles. The number of aromatic nitrogens is 2. The number of oxazole rings is 1. The van der Waals surface area contributed by atoms with Gasteiger partial charge in [-0.3, -0.25) is 0 Å². The van der Waals surface area contributed by atoms with Crippen LogP contribution in [0.2, 0.25) is 0 Å². The van der Waals surface area contributed by atoms with Crippen molar-refractivity contribution in [3.8, 4) is 11.6 Å². The van der Waals surface area contributed by atoms with Crippen LogP contribution in [0.5, 0.6) is 0 Å². The van der Waals surface area contributed by atoms with Gasteiger partial charge in [-0.1, -0.05) is 6.07 Å². The van der Waals surface area contributed by atoms with E-state index in [0.717, 1.165) is 18.2 Å². The Morgan fingerprint density at radius 2 is 1.68 bits per heavy atom. The maximum absolute atomic E-state index is 12.0. The fourth-order valence-corrected chi connectivity index (χ4v) is 4.94. The van der Waals surface area contributed by atoms with Crippen LogP contribution >= 0.6 is 0 Å². The van der Waals surface area contributed by atoms with E-state index < -0.39 is 36.0 Å². The standard InChI is InChI=1S/C22H20N2O9S2.2Na/c25-19(26)7-2-1-4-10-24-11-5-3-6-17(24)22-23-20-16-9-8-15(34(27,28)29)12-14(16)13-18(21(20)33-22)35(30,31)32;;/h3,5-6,8-9,11-13H,1-2,4,7,10H2,(H2-,25,26,27,28,29,30,31,32);;/q;2*+1/p-2. The minimum Gasteiger partial charge on any atom is -0.744 e. The molecule has 11 nitrogen and oxygen atoms in total. The molecular formula is C22H18N2Na2O9S2. The van der Waals surface area contributed by atoms with E-state index in [4.69, 9.17) is 4.42 Å².